The fraction of sp³-hybridized carbons (Fsp3) is 0. The molecular formula is C13H11N3O3. The molecule has 0 aliphatic rings. The van der Waals surface area contributed by atoms with Crippen molar-refractivity contribution >= 4 is 23.4 Å². The molecule has 0 aliphatic carbocycles. The van der Waals surface area contributed by atoms with Crippen molar-refractivity contribution in [1.82, 2.24) is 4.98 Å². The predicted octanol–water partition coefficient (Wildman–Crippen LogP) is 1.62. The summed E-state index contributed by atoms with van der Waals surface area (Å²) in [6, 6.07) is 11.1. The average molecular weight is 257 g/mol. The minimum Gasteiger partial charge on any atom is -0.478 e. The van der Waals surface area contributed by atoms with Crippen molar-refractivity contribution in [1.29, 1.82) is 0 Å². The van der Waals surface area contributed by atoms with Crippen LogP contribution in [0.5, 0.6) is 0 Å². The van der Waals surface area contributed by atoms with Crippen LogP contribution in [0.1, 0.15) is 20.8 Å². The van der Waals surface area contributed by atoms with Gasteiger partial charge >= 0.3 is 5.97 Å². The van der Waals surface area contributed by atoms with Crippen molar-refractivity contribution in [3.8, 4) is 0 Å². The van der Waals surface area contributed by atoms with Crippen LogP contribution in [-0.4, -0.2) is 22.0 Å². The van der Waals surface area contributed by atoms with Gasteiger partial charge in [-0.2, -0.15) is 0 Å². The molecule has 0 unspecified atom stereocenters. The molecule has 1 heterocycles. The summed E-state index contributed by atoms with van der Waals surface area (Å²) in [6.45, 7) is 0. The lowest BCUT2D eigenvalue weighted by molar-refractivity contribution is 0.0696. The number of amides is 1. The van der Waals surface area contributed by atoms with Crippen LogP contribution < -0.4 is 11.1 Å². The maximum absolute atomic E-state index is 11.0. The molecule has 19 heavy (non-hydrogen) atoms. The summed E-state index contributed by atoms with van der Waals surface area (Å²) in [5.74, 6) is -1.22. The second kappa shape index (κ2) is 5.18. The molecule has 2 rings (SSSR count). The summed E-state index contributed by atoms with van der Waals surface area (Å²) in [7, 11) is 0. The number of carboxylic acid groups (broad SMARTS) is 1. The maximum Gasteiger partial charge on any atom is 0.335 e. The molecule has 0 atom stereocenters. The number of hydrogen-bond donors (Lipinski definition) is 3. The molecule has 96 valence electrons. The fourth-order valence-electron chi connectivity index (χ4n) is 1.52. The highest BCUT2D eigenvalue weighted by Crippen LogP contribution is 2.16. The number of carboxylic acids is 1. The molecule has 0 saturated carbocycles. The summed E-state index contributed by atoms with van der Waals surface area (Å²) in [4.78, 5) is 25.9. The van der Waals surface area contributed by atoms with Crippen LogP contribution in [0, 0.1) is 0 Å². The molecule has 0 fully saturated rings. The smallest absolute Gasteiger partial charge is 0.335 e. The van der Waals surface area contributed by atoms with Crippen LogP contribution in [0.25, 0.3) is 0 Å². The Morgan fingerprint density at radius 3 is 2.58 bits per heavy atom. The number of pyridine rings is 1. The zero-order chi connectivity index (χ0) is 13.8. The molecule has 0 radical (unpaired) electrons. The van der Waals surface area contributed by atoms with E-state index in [1.165, 1.54) is 18.2 Å². The van der Waals surface area contributed by atoms with Crippen LogP contribution in [0.15, 0.2) is 42.5 Å². The number of nitrogens with two attached hydrogens (primary N) is 1. The van der Waals surface area contributed by atoms with Crippen LogP contribution in [0.2, 0.25) is 0 Å². The molecular weight excluding hydrogens is 246 g/mol. The van der Waals surface area contributed by atoms with E-state index in [1.54, 1.807) is 24.3 Å². The molecule has 0 aliphatic heterocycles. The highest BCUT2D eigenvalue weighted by Gasteiger charge is 2.05. The normalized spacial score (nSPS) is 9.89. The minimum absolute atomic E-state index is 0.138. The second-order valence-corrected chi connectivity index (χ2v) is 3.78. The lowest BCUT2D eigenvalue weighted by Crippen LogP contribution is -2.13. The summed E-state index contributed by atoms with van der Waals surface area (Å²) in [5, 5.41) is 11.8. The number of carbonyl (C=O) groups excluding carboxylic acids is 1. The van der Waals surface area contributed by atoms with Crippen molar-refractivity contribution in [2.45, 2.75) is 0 Å². The predicted molar refractivity (Wildman–Crippen MR) is 69.4 cm³/mol. The summed E-state index contributed by atoms with van der Waals surface area (Å²) in [6.07, 6.45) is 0. The molecule has 1 aromatic heterocycles. The monoisotopic (exact) mass is 257 g/mol. The van der Waals surface area contributed by atoms with Crippen LogP contribution in [0.4, 0.5) is 11.5 Å². The van der Waals surface area contributed by atoms with Gasteiger partial charge < -0.3 is 16.2 Å². The first kappa shape index (κ1) is 12.6. The van der Waals surface area contributed by atoms with Gasteiger partial charge in [-0.15, -0.1) is 0 Å². The van der Waals surface area contributed by atoms with Crippen molar-refractivity contribution in [2.75, 3.05) is 5.32 Å². The number of primary amides is 1. The molecule has 6 nitrogen and oxygen atoms in total. The number of aromatic nitrogens is 1. The zero-order valence-corrected chi connectivity index (χ0v) is 9.83. The Bertz CT molecular complexity index is 585. The molecule has 2 aromatic rings. The third kappa shape index (κ3) is 3.06. The van der Waals surface area contributed by atoms with Gasteiger partial charge in [0.2, 0.25) is 0 Å². The first-order valence-electron chi connectivity index (χ1n) is 5.43. The van der Waals surface area contributed by atoms with Crippen LogP contribution >= 0.6 is 0 Å². The van der Waals surface area contributed by atoms with E-state index in [0.29, 0.717) is 11.5 Å². The van der Waals surface area contributed by atoms with Crippen LogP contribution in [0.3, 0.4) is 0 Å². The van der Waals surface area contributed by atoms with E-state index in [0.717, 1.165) is 0 Å². The first-order valence-corrected chi connectivity index (χ1v) is 5.43. The van der Waals surface area contributed by atoms with E-state index in [-0.39, 0.29) is 11.3 Å². The number of carbonyl (C=O) groups is 2. The van der Waals surface area contributed by atoms with Crippen molar-refractivity contribution in [2.24, 2.45) is 5.73 Å². The number of hydrogen-bond acceptors (Lipinski definition) is 4. The third-order valence-corrected chi connectivity index (χ3v) is 2.38. The number of nitrogens with one attached hydrogen (secondary N) is 1. The molecule has 0 bridgehead atoms. The molecule has 1 aromatic carbocycles. The van der Waals surface area contributed by atoms with Crippen molar-refractivity contribution in [3.05, 3.63) is 53.7 Å². The number of anilines is 2. The third-order valence-electron chi connectivity index (χ3n) is 2.38. The van der Waals surface area contributed by atoms with Crippen molar-refractivity contribution < 1.29 is 14.7 Å². The average Bonchev–Trinajstić information content (AvgIpc) is 2.39. The second-order valence-electron chi connectivity index (χ2n) is 3.78. The van der Waals surface area contributed by atoms with Gasteiger partial charge in [-0.05, 0) is 30.3 Å². The lowest BCUT2D eigenvalue weighted by Gasteiger charge is -2.07. The summed E-state index contributed by atoms with van der Waals surface area (Å²) in [5.41, 5.74) is 6.00. The van der Waals surface area contributed by atoms with Gasteiger partial charge in [0, 0.05) is 5.69 Å². The Balaban J connectivity index is 2.26. The fourth-order valence-corrected chi connectivity index (χ4v) is 1.52. The minimum atomic E-state index is -1.01. The summed E-state index contributed by atoms with van der Waals surface area (Å²) < 4.78 is 0. The van der Waals surface area contributed by atoms with E-state index < -0.39 is 11.9 Å². The Morgan fingerprint density at radius 2 is 1.89 bits per heavy atom. The van der Waals surface area contributed by atoms with Gasteiger partial charge in [0.25, 0.3) is 5.91 Å². The van der Waals surface area contributed by atoms with E-state index in [9.17, 15) is 9.59 Å². The lowest BCUT2D eigenvalue weighted by atomic mass is 10.2. The van der Waals surface area contributed by atoms with E-state index in [1.807, 2.05) is 0 Å². The molecule has 1 amide bonds. The maximum atomic E-state index is 11.0. The van der Waals surface area contributed by atoms with Gasteiger partial charge in [0.1, 0.15) is 11.5 Å². The Hall–Kier alpha value is -2.89. The van der Waals surface area contributed by atoms with Crippen LogP contribution in [-0.2, 0) is 0 Å². The van der Waals surface area contributed by atoms with Gasteiger partial charge in [-0.3, -0.25) is 4.79 Å². The highest BCUT2D eigenvalue weighted by molar-refractivity contribution is 5.91. The van der Waals surface area contributed by atoms with E-state index in [4.69, 9.17) is 10.8 Å². The van der Waals surface area contributed by atoms with Gasteiger partial charge in [0.15, 0.2) is 0 Å². The topological polar surface area (TPSA) is 105 Å². The molecule has 0 spiro atoms. The van der Waals surface area contributed by atoms with Gasteiger partial charge in [-0.25, -0.2) is 9.78 Å². The number of nitrogens with zero attached hydrogens (tertiary/aromatic N) is 1. The number of aromatic carboxylic acids is 1. The van der Waals surface area contributed by atoms with E-state index in [2.05, 4.69) is 10.3 Å². The summed E-state index contributed by atoms with van der Waals surface area (Å²) >= 11 is 0. The standard InChI is InChI=1S/C13H11N3O3/c14-12(17)10-5-2-6-11(16-10)15-9-4-1-3-8(7-9)13(18)19/h1-7H,(H2,14,17)(H,15,16)(H,18,19). The largest absolute Gasteiger partial charge is 0.478 e. The SMILES string of the molecule is NC(=O)c1cccc(Nc2cccc(C(=O)O)c2)n1. The zero-order valence-electron chi connectivity index (χ0n) is 9.83. The number of benzene rings is 1. The molecule has 0 saturated heterocycles. The Kier molecular flexibility index (Phi) is 3.42. The first-order chi connectivity index (χ1) is 9.06. The highest BCUT2D eigenvalue weighted by atomic mass is 16.4. The Morgan fingerprint density at radius 1 is 1.16 bits per heavy atom. The molecule has 6 heteroatoms. The Labute approximate surface area is 108 Å². The number of rotatable bonds is 4. The quantitative estimate of drug-likeness (QED) is 0.771. The van der Waals surface area contributed by atoms with Crippen molar-refractivity contribution in [3.63, 3.8) is 0 Å². The van der Waals surface area contributed by atoms with E-state index >= 15 is 0 Å². The molecule has 4 N–H and O–H groups in total. The van der Waals surface area contributed by atoms with Gasteiger partial charge in [0.05, 0.1) is 5.56 Å². The van der Waals surface area contributed by atoms with Gasteiger partial charge in [-0.1, -0.05) is 12.1 Å².